The Kier molecular flexibility index (Phi) is 4.34. The molecule has 1 aromatic heterocycles. The smallest absolute Gasteiger partial charge is 0.416 e. The number of amides is 1. The van der Waals surface area contributed by atoms with Crippen molar-refractivity contribution >= 4 is 5.91 Å². The lowest BCUT2D eigenvalue weighted by Gasteiger charge is -2.25. The van der Waals surface area contributed by atoms with Crippen LogP contribution in [-0.4, -0.2) is 28.9 Å². The zero-order chi connectivity index (χ0) is 17.3. The Hall–Kier alpha value is -2.31. The number of oxazole rings is 1. The summed E-state index contributed by atoms with van der Waals surface area (Å²) < 4.78 is 43.3. The summed E-state index contributed by atoms with van der Waals surface area (Å²) in [5, 5.41) is 0. The topological polar surface area (TPSA) is 46.3 Å². The molecule has 2 heterocycles. The number of aryl methyl sites for hydroxylation is 1. The largest absolute Gasteiger partial charge is 0.441 e. The average Bonchev–Trinajstić information content (AvgIpc) is 2.96. The number of alkyl halides is 3. The molecule has 4 nitrogen and oxygen atoms in total. The van der Waals surface area contributed by atoms with Gasteiger partial charge in [0.05, 0.1) is 5.56 Å². The van der Waals surface area contributed by atoms with Gasteiger partial charge in [-0.2, -0.15) is 13.2 Å². The Balaban J connectivity index is 1.84. The van der Waals surface area contributed by atoms with Gasteiger partial charge in [-0.3, -0.25) is 4.79 Å². The van der Waals surface area contributed by atoms with Gasteiger partial charge in [0.1, 0.15) is 5.76 Å². The average molecular weight is 338 g/mol. The van der Waals surface area contributed by atoms with Crippen molar-refractivity contribution in [1.29, 1.82) is 0 Å². The molecular formula is C17H17F3N2O2. The van der Waals surface area contributed by atoms with Crippen LogP contribution in [0.15, 0.2) is 28.7 Å². The molecule has 1 fully saturated rings. The van der Waals surface area contributed by atoms with Gasteiger partial charge in [-0.15, -0.1) is 0 Å². The highest BCUT2D eigenvalue weighted by Gasteiger charge is 2.30. The van der Waals surface area contributed by atoms with Crippen LogP contribution in [0.1, 0.15) is 41.1 Å². The molecule has 1 amide bonds. The van der Waals surface area contributed by atoms with Gasteiger partial charge in [-0.25, -0.2) is 4.98 Å². The molecule has 128 valence electrons. The number of halogens is 3. The molecule has 0 spiro atoms. The van der Waals surface area contributed by atoms with Gasteiger partial charge < -0.3 is 9.32 Å². The molecule has 1 aliphatic rings. The van der Waals surface area contributed by atoms with Gasteiger partial charge in [0.2, 0.25) is 5.89 Å². The van der Waals surface area contributed by atoms with Crippen LogP contribution < -0.4 is 0 Å². The summed E-state index contributed by atoms with van der Waals surface area (Å²) in [6.07, 6.45) is -1.35. The van der Waals surface area contributed by atoms with Gasteiger partial charge in [0, 0.05) is 18.7 Å². The molecule has 7 heteroatoms. The minimum absolute atomic E-state index is 0.154. The molecule has 1 aliphatic heterocycles. The van der Waals surface area contributed by atoms with Crippen LogP contribution in [0.25, 0.3) is 11.5 Å². The summed E-state index contributed by atoms with van der Waals surface area (Å²) in [5.41, 5.74) is -0.102. The van der Waals surface area contributed by atoms with Crippen LogP contribution in [-0.2, 0) is 6.18 Å². The molecule has 3 rings (SSSR count). The minimum atomic E-state index is -4.39. The number of carbonyl (C=O) groups excluding carboxylic acids is 1. The van der Waals surface area contributed by atoms with E-state index in [0.717, 1.165) is 31.4 Å². The molecule has 1 saturated heterocycles. The van der Waals surface area contributed by atoms with Crippen LogP contribution >= 0.6 is 0 Å². The second-order valence-corrected chi connectivity index (χ2v) is 5.85. The van der Waals surface area contributed by atoms with Crippen molar-refractivity contribution in [3.8, 4) is 11.5 Å². The highest BCUT2D eigenvalue weighted by atomic mass is 19.4. The first kappa shape index (κ1) is 16.5. The van der Waals surface area contributed by atoms with E-state index in [2.05, 4.69) is 4.98 Å². The maximum atomic E-state index is 12.6. The molecule has 0 N–H and O–H groups in total. The van der Waals surface area contributed by atoms with Crippen LogP contribution in [0.3, 0.4) is 0 Å². The Labute approximate surface area is 137 Å². The Morgan fingerprint density at radius 3 is 2.33 bits per heavy atom. The van der Waals surface area contributed by atoms with E-state index in [9.17, 15) is 18.0 Å². The molecule has 0 unspecified atom stereocenters. The molecule has 1 aromatic carbocycles. The fraction of sp³-hybridized carbons (Fsp3) is 0.412. The zero-order valence-electron chi connectivity index (χ0n) is 13.2. The molecule has 0 saturated carbocycles. The molecule has 0 radical (unpaired) electrons. The SMILES string of the molecule is Cc1oc(-c2ccc(C(F)(F)F)cc2)nc1C(=O)N1CCCCC1. The van der Waals surface area contributed by atoms with Crippen molar-refractivity contribution in [2.24, 2.45) is 0 Å². The standard InChI is InChI=1S/C17H17F3N2O2/c1-11-14(16(23)22-9-3-2-4-10-22)21-15(24-11)12-5-7-13(8-6-12)17(18,19)20/h5-8H,2-4,9-10H2,1H3. The number of aromatic nitrogens is 1. The maximum absolute atomic E-state index is 12.6. The van der Waals surface area contributed by atoms with Gasteiger partial charge >= 0.3 is 6.18 Å². The van der Waals surface area contributed by atoms with E-state index in [1.54, 1.807) is 11.8 Å². The van der Waals surface area contributed by atoms with E-state index in [1.807, 2.05) is 0 Å². The van der Waals surface area contributed by atoms with Gasteiger partial charge in [0.25, 0.3) is 5.91 Å². The summed E-state index contributed by atoms with van der Waals surface area (Å²) in [7, 11) is 0. The number of piperidine rings is 1. The number of benzene rings is 1. The monoisotopic (exact) mass is 338 g/mol. The van der Waals surface area contributed by atoms with Gasteiger partial charge in [0.15, 0.2) is 5.69 Å². The molecule has 0 atom stereocenters. The summed E-state index contributed by atoms with van der Waals surface area (Å²) in [4.78, 5) is 18.5. The summed E-state index contributed by atoms with van der Waals surface area (Å²) >= 11 is 0. The van der Waals surface area contributed by atoms with Gasteiger partial charge in [-0.05, 0) is 50.5 Å². The lowest BCUT2D eigenvalue weighted by molar-refractivity contribution is -0.137. The van der Waals surface area contributed by atoms with Crippen LogP contribution in [0, 0.1) is 6.92 Å². The number of nitrogens with zero attached hydrogens (tertiary/aromatic N) is 2. The van der Waals surface area contributed by atoms with Crippen molar-refractivity contribution in [2.45, 2.75) is 32.4 Å². The Bertz CT molecular complexity index is 729. The van der Waals surface area contributed by atoms with Crippen LogP contribution in [0.5, 0.6) is 0 Å². The number of hydrogen-bond acceptors (Lipinski definition) is 3. The molecule has 0 aliphatic carbocycles. The number of hydrogen-bond donors (Lipinski definition) is 0. The second-order valence-electron chi connectivity index (χ2n) is 5.85. The van der Waals surface area contributed by atoms with E-state index in [-0.39, 0.29) is 17.5 Å². The first-order chi connectivity index (χ1) is 11.4. The summed E-state index contributed by atoms with van der Waals surface area (Å²) in [6, 6.07) is 4.54. The molecule has 0 bridgehead atoms. The maximum Gasteiger partial charge on any atom is 0.416 e. The number of rotatable bonds is 2. The lowest BCUT2D eigenvalue weighted by atomic mass is 10.1. The van der Waals surface area contributed by atoms with Crippen LogP contribution in [0.2, 0.25) is 0 Å². The number of carbonyl (C=O) groups is 1. The predicted octanol–water partition coefficient (Wildman–Crippen LogP) is 4.29. The lowest BCUT2D eigenvalue weighted by Crippen LogP contribution is -2.36. The third kappa shape index (κ3) is 3.29. The number of likely N-dealkylation sites (tertiary alicyclic amines) is 1. The van der Waals surface area contributed by atoms with Crippen molar-refractivity contribution in [3.63, 3.8) is 0 Å². The third-order valence-corrected chi connectivity index (χ3v) is 4.10. The van der Waals surface area contributed by atoms with Crippen molar-refractivity contribution in [3.05, 3.63) is 41.3 Å². The van der Waals surface area contributed by atoms with E-state index in [1.165, 1.54) is 12.1 Å². The van der Waals surface area contributed by atoms with E-state index < -0.39 is 11.7 Å². The normalized spacial score (nSPS) is 15.6. The highest BCUT2D eigenvalue weighted by Crippen LogP contribution is 2.31. The fourth-order valence-electron chi connectivity index (χ4n) is 2.77. The first-order valence-electron chi connectivity index (χ1n) is 7.80. The van der Waals surface area contributed by atoms with E-state index in [4.69, 9.17) is 4.42 Å². The second kappa shape index (κ2) is 6.30. The molecular weight excluding hydrogens is 321 g/mol. The Morgan fingerprint density at radius 1 is 1.12 bits per heavy atom. The predicted molar refractivity (Wildman–Crippen MR) is 81.4 cm³/mol. The van der Waals surface area contributed by atoms with Crippen molar-refractivity contribution < 1.29 is 22.4 Å². The summed E-state index contributed by atoms with van der Waals surface area (Å²) in [6.45, 7) is 3.03. The Morgan fingerprint density at radius 2 is 1.75 bits per heavy atom. The van der Waals surface area contributed by atoms with Crippen LogP contribution in [0.4, 0.5) is 13.2 Å². The van der Waals surface area contributed by atoms with Gasteiger partial charge in [-0.1, -0.05) is 0 Å². The minimum Gasteiger partial charge on any atom is -0.441 e. The van der Waals surface area contributed by atoms with Crippen molar-refractivity contribution in [2.75, 3.05) is 13.1 Å². The van der Waals surface area contributed by atoms with E-state index in [0.29, 0.717) is 24.4 Å². The quantitative estimate of drug-likeness (QED) is 0.820. The highest BCUT2D eigenvalue weighted by molar-refractivity contribution is 5.93. The summed E-state index contributed by atoms with van der Waals surface area (Å²) in [5.74, 6) is 0.344. The third-order valence-electron chi connectivity index (χ3n) is 4.10. The molecule has 24 heavy (non-hydrogen) atoms. The van der Waals surface area contributed by atoms with E-state index >= 15 is 0 Å². The first-order valence-corrected chi connectivity index (χ1v) is 7.80. The zero-order valence-corrected chi connectivity index (χ0v) is 13.2. The van der Waals surface area contributed by atoms with Crippen molar-refractivity contribution in [1.82, 2.24) is 9.88 Å². The molecule has 2 aromatic rings. The fourth-order valence-corrected chi connectivity index (χ4v) is 2.77.